The van der Waals surface area contributed by atoms with E-state index in [2.05, 4.69) is 464 Å². The zero-order chi connectivity index (χ0) is 80.6. The quantitative estimate of drug-likeness (QED) is 0.101. The summed E-state index contributed by atoms with van der Waals surface area (Å²) in [4.78, 5) is 5.13. The van der Waals surface area contributed by atoms with Gasteiger partial charge >= 0.3 is 0 Å². The Hall–Kier alpha value is -14.2. The first kappa shape index (κ1) is 72.3. The minimum Gasteiger partial charge on any atom is -0.314 e. The van der Waals surface area contributed by atoms with Crippen LogP contribution >= 0.6 is 0 Å². The van der Waals surface area contributed by atoms with E-state index in [1.54, 1.807) is 0 Å². The SMILES string of the molecule is CC1(C)c2ccccc2-c2ccc(C3=CC=C(N(c4ccc5c(c4)C(C)(C)c4ccccc4-5)c4cccc(-c5cccc(-c6ccc(-c7cccc(N(c8ccc(-c9ccc%10c(c9)C(C)(C)c9ccccc9-%10)cc8)c8ccc9c(c8)C(c8ccccc8)(c8ccccc8)c8ccccc8-9)c7-c7ccccc7)cc6)c5)c4-c4ccccc4)CC3)cc21. The van der Waals surface area contributed by atoms with E-state index in [9.17, 15) is 0 Å². The maximum atomic E-state index is 2.60. The second kappa shape index (κ2) is 28.3. The maximum absolute atomic E-state index is 2.60. The van der Waals surface area contributed by atoms with Crippen molar-refractivity contribution >= 4 is 34.0 Å². The lowest BCUT2D eigenvalue weighted by Crippen LogP contribution is -2.28. The van der Waals surface area contributed by atoms with Crippen molar-refractivity contribution in [2.75, 3.05) is 9.80 Å². The number of hydrogen-bond acceptors (Lipinski definition) is 2. The molecule has 572 valence electrons. The molecule has 0 saturated heterocycles. The van der Waals surface area contributed by atoms with Gasteiger partial charge in [0.1, 0.15) is 0 Å². The fourth-order valence-electron chi connectivity index (χ4n) is 21.4. The highest BCUT2D eigenvalue weighted by Crippen LogP contribution is 2.60. The van der Waals surface area contributed by atoms with Gasteiger partial charge in [-0.05, 0) is 253 Å². The van der Waals surface area contributed by atoms with Gasteiger partial charge in [0.2, 0.25) is 0 Å². The van der Waals surface area contributed by atoms with Crippen LogP contribution in [0.2, 0.25) is 0 Å². The predicted molar refractivity (Wildman–Crippen MR) is 504 cm³/mol. The van der Waals surface area contributed by atoms with Crippen LogP contribution in [0.25, 0.3) is 117 Å². The summed E-state index contributed by atoms with van der Waals surface area (Å²) in [5.74, 6) is 0. The van der Waals surface area contributed by atoms with E-state index >= 15 is 0 Å². The summed E-state index contributed by atoms with van der Waals surface area (Å²) in [5, 5.41) is 0. The Morgan fingerprint density at radius 1 is 0.200 bits per heavy atom. The summed E-state index contributed by atoms with van der Waals surface area (Å²) in [7, 11) is 0. The molecule has 17 aromatic carbocycles. The summed E-state index contributed by atoms with van der Waals surface area (Å²) in [5.41, 5.74) is 46.1. The average Bonchev–Trinajstić information content (AvgIpc) is 1.53. The summed E-state index contributed by atoms with van der Waals surface area (Å²) < 4.78 is 0. The Morgan fingerprint density at radius 3 is 1.07 bits per heavy atom. The third-order valence-electron chi connectivity index (χ3n) is 27.3. The van der Waals surface area contributed by atoms with Crippen LogP contribution in [-0.4, -0.2) is 0 Å². The van der Waals surface area contributed by atoms with Crippen LogP contribution in [0.1, 0.15) is 116 Å². The van der Waals surface area contributed by atoms with E-state index in [1.165, 1.54) is 145 Å². The van der Waals surface area contributed by atoms with Crippen LogP contribution in [0.3, 0.4) is 0 Å². The molecule has 0 unspecified atom stereocenters. The molecule has 0 heterocycles. The molecule has 2 nitrogen and oxygen atoms in total. The first-order chi connectivity index (χ1) is 58.8. The first-order valence-electron chi connectivity index (χ1n) is 42.6. The van der Waals surface area contributed by atoms with E-state index in [0.29, 0.717) is 0 Å². The Labute approximate surface area is 705 Å². The number of anilines is 5. The van der Waals surface area contributed by atoms with Gasteiger partial charge in [0.15, 0.2) is 0 Å². The summed E-state index contributed by atoms with van der Waals surface area (Å²) in [6.45, 7) is 14.3. The lowest BCUT2D eigenvalue weighted by molar-refractivity contribution is 0.660. The van der Waals surface area contributed by atoms with Gasteiger partial charge in [-0.3, -0.25) is 0 Å². The monoisotopic (exact) mass is 1530 g/mol. The molecular weight excluding hydrogens is 1450 g/mol. The minimum absolute atomic E-state index is 0.0822. The molecular formula is C118H90N2. The molecule has 0 atom stereocenters. The zero-order valence-electron chi connectivity index (χ0n) is 68.6. The van der Waals surface area contributed by atoms with Gasteiger partial charge in [-0.15, -0.1) is 0 Å². The molecule has 0 aliphatic heterocycles. The Kier molecular flexibility index (Phi) is 17.0. The molecule has 0 N–H and O–H groups in total. The third kappa shape index (κ3) is 11.4. The number of nitrogens with zero attached hydrogens (tertiary/aromatic N) is 2. The van der Waals surface area contributed by atoms with Crippen molar-refractivity contribution in [3.05, 3.63) is 479 Å². The van der Waals surface area contributed by atoms with E-state index in [1.807, 2.05) is 0 Å². The van der Waals surface area contributed by atoms with Gasteiger partial charge in [0, 0.05) is 50.1 Å². The van der Waals surface area contributed by atoms with Crippen LogP contribution in [0.4, 0.5) is 28.4 Å². The summed E-state index contributed by atoms with van der Waals surface area (Å²) >= 11 is 0. The third-order valence-corrected chi connectivity index (χ3v) is 27.3. The molecule has 0 saturated carbocycles. The van der Waals surface area contributed by atoms with Gasteiger partial charge in [0.05, 0.1) is 16.8 Å². The fourth-order valence-corrected chi connectivity index (χ4v) is 21.4. The molecule has 5 aliphatic carbocycles. The number of fused-ring (bicyclic) bond motifs is 12. The van der Waals surface area contributed by atoms with Crippen molar-refractivity contribution in [3.63, 3.8) is 0 Å². The predicted octanol–water partition coefficient (Wildman–Crippen LogP) is 31.3. The average molecular weight is 1540 g/mol. The standard InChI is InChI=1S/C118H90N2/c1-115(2)103-46-23-19-40-95(103)99-68-60-84(73-107(99)115)78-56-62-89(63-57-78)119(91-66-70-101-97-42-21-25-48-105(97)117(5,6)109(101)75-91)112-51-29-45-94(114(112)82-32-13-8-14-33-82)86-35-27-34-83(72-86)77-52-54-80(55-53-77)93-44-28-50-111(113(93)81-30-11-7-12-31-81)120(90-64-58-79(59-65-90)85-61-69-100-96-41-20-24-47-104(96)116(3,4)108(100)74-85)92-67-71-102-98-43-22-26-49-106(98)118(110(102)76-92,87-36-15-9-16-37-87)88-38-17-10-18-39-88/h7-56,58-62,64-76H,57,63H2,1-6H3. The second-order valence-corrected chi connectivity index (χ2v) is 34.9. The number of allylic oxidation sites excluding steroid dienone is 4. The Bertz CT molecular complexity index is 6980. The van der Waals surface area contributed by atoms with Gasteiger partial charge in [-0.2, -0.15) is 0 Å². The van der Waals surface area contributed by atoms with Crippen molar-refractivity contribution in [1.29, 1.82) is 0 Å². The van der Waals surface area contributed by atoms with Gasteiger partial charge in [-0.1, -0.05) is 381 Å². The highest BCUT2D eigenvalue weighted by molar-refractivity contribution is 6.01. The first-order valence-corrected chi connectivity index (χ1v) is 42.6. The van der Waals surface area contributed by atoms with Gasteiger partial charge in [0.25, 0.3) is 0 Å². The summed E-state index contributed by atoms with van der Waals surface area (Å²) in [6, 6.07) is 151. The molecule has 0 radical (unpaired) electrons. The molecule has 17 aromatic rings. The second-order valence-electron chi connectivity index (χ2n) is 34.9. The van der Waals surface area contributed by atoms with Crippen molar-refractivity contribution < 1.29 is 0 Å². The van der Waals surface area contributed by atoms with Crippen molar-refractivity contribution in [3.8, 4) is 111 Å². The molecule has 2 heteroatoms. The van der Waals surface area contributed by atoms with Crippen molar-refractivity contribution in [1.82, 2.24) is 0 Å². The van der Waals surface area contributed by atoms with Crippen molar-refractivity contribution in [2.45, 2.75) is 76.0 Å². The molecule has 5 aliphatic rings. The lowest BCUT2D eigenvalue weighted by Gasteiger charge is -2.35. The minimum atomic E-state index is -0.607. The van der Waals surface area contributed by atoms with E-state index < -0.39 is 5.41 Å². The number of hydrogen-bond donors (Lipinski definition) is 0. The normalized spacial score (nSPS) is 14.7. The van der Waals surface area contributed by atoms with E-state index in [-0.39, 0.29) is 16.2 Å². The van der Waals surface area contributed by atoms with Crippen molar-refractivity contribution in [2.24, 2.45) is 0 Å². The lowest BCUT2D eigenvalue weighted by atomic mass is 9.67. The summed E-state index contributed by atoms with van der Waals surface area (Å²) in [6.07, 6.45) is 6.60. The Morgan fingerprint density at radius 2 is 0.542 bits per heavy atom. The highest BCUT2D eigenvalue weighted by Gasteiger charge is 2.47. The molecule has 0 bridgehead atoms. The smallest absolute Gasteiger partial charge is 0.0714 e. The largest absolute Gasteiger partial charge is 0.314 e. The molecule has 22 rings (SSSR count). The van der Waals surface area contributed by atoms with Crippen LogP contribution in [0, 0.1) is 0 Å². The fraction of sp³-hybridized carbons (Fsp3) is 0.102. The molecule has 120 heavy (non-hydrogen) atoms. The highest BCUT2D eigenvalue weighted by atomic mass is 15.2. The Balaban J connectivity index is 0.663. The van der Waals surface area contributed by atoms with Gasteiger partial charge < -0.3 is 9.80 Å². The zero-order valence-corrected chi connectivity index (χ0v) is 68.6. The van der Waals surface area contributed by atoms with Gasteiger partial charge in [-0.25, -0.2) is 0 Å². The van der Waals surface area contributed by atoms with Crippen LogP contribution in [-0.2, 0) is 21.7 Å². The molecule has 0 fully saturated rings. The van der Waals surface area contributed by atoms with E-state index in [4.69, 9.17) is 0 Å². The van der Waals surface area contributed by atoms with E-state index in [0.717, 1.165) is 80.2 Å². The van der Waals surface area contributed by atoms with Crippen LogP contribution in [0.5, 0.6) is 0 Å². The maximum Gasteiger partial charge on any atom is 0.0714 e. The number of benzene rings is 17. The molecule has 0 amide bonds. The molecule has 0 spiro atoms. The van der Waals surface area contributed by atoms with Crippen LogP contribution < -0.4 is 9.80 Å². The number of rotatable bonds is 15. The van der Waals surface area contributed by atoms with Crippen LogP contribution in [0.15, 0.2) is 418 Å². The topological polar surface area (TPSA) is 6.48 Å². The molecule has 0 aromatic heterocycles.